The van der Waals surface area contributed by atoms with E-state index in [2.05, 4.69) is 31.3 Å². The van der Waals surface area contributed by atoms with Gasteiger partial charge < -0.3 is 10.2 Å². The lowest BCUT2D eigenvalue weighted by Crippen LogP contribution is -2.37. The van der Waals surface area contributed by atoms with E-state index < -0.39 is 0 Å². The van der Waals surface area contributed by atoms with Crippen molar-refractivity contribution in [2.24, 2.45) is 5.92 Å². The van der Waals surface area contributed by atoms with Gasteiger partial charge in [0.25, 0.3) is 0 Å². The smallest absolute Gasteiger partial charge is 0.236 e. The molecule has 0 heterocycles. The summed E-state index contributed by atoms with van der Waals surface area (Å²) in [6.07, 6.45) is 2.56. The Kier molecular flexibility index (Phi) is 4.59. The van der Waals surface area contributed by atoms with Crippen LogP contribution in [0, 0.1) is 12.8 Å². The van der Waals surface area contributed by atoms with Crippen LogP contribution in [0.1, 0.15) is 36.9 Å². The Bertz CT molecular complexity index is 440. The fourth-order valence-corrected chi connectivity index (χ4v) is 2.35. The van der Waals surface area contributed by atoms with Crippen LogP contribution in [0.3, 0.4) is 0 Å². The molecule has 0 radical (unpaired) electrons. The van der Waals surface area contributed by atoms with Crippen LogP contribution in [0.2, 0.25) is 0 Å². The maximum Gasteiger partial charge on any atom is 0.236 e. The minimum atomic E-state index is 0.187. The zero-order chi connectivity index (χ0) is 13.8. The molecule has 1 atom stereocenters. The Morgan fingerprint density at radius 2 is 2.11 bits per heavy atom. The van der Waals surface area contributed by atoms with Gasteiger partial charge in [-0.1, -0.05) is 24.3 Å². The van der Waals surface area contributed by atoms with Gasteiger partial charge in [-0.3, -0.25) is 4.79 Å². The molecule has 0 bridgehead atoms. The molecule has 0 saturated heterocycles. The minimum absolute atomic E-state index is 0.187. The third-order valence-corrected chi connectivity index (χ3v) is 3.87. The SMILES string of the molecule is Cc1ccccc1[C@@H](C)NCC(=O)N(C)CC1CC1. The van der Waals surface area contributed by atoms with Gasteiger partial charge in [0.1, 0.15) is 0 Å². The van der Waals surface area contributed by atoms with Crippen molar-refractivity contribution in [3.63, 3.8) is 0 Å². The first kappa shape index (κ1) is 14.1. The molecule has 104 valence electrons. The second-order valence-electron chi connectivity index (χ2n) is 5.68. The molecule has 19 heavy (non-hydrogen) atoms. The van der Waals surface area contributed by atoms with E-state index in [1.807, 2.05) is 24.1 Å². The number of hydrogen-bond acceptors (Lipinski definition) is 2. The predicted molar refractivity (Wildman–Crippen MR) is 78.0 cm³/mol. The van der Waals surface area contributed by atoms with Crippen molar-refractivity contribution in [2.75, 3.05) is 20.1 Å². The molecule has 0 unspecified atom stereocenters. The van der Waals surface area contributed by atoms with E-state index in [1.54, 1.807) is 0 Å². The van der Waals surface area contributed by atoms with Crippen LogP contribution in [0.4, 0.5) is 0 Å². The third kappa shape index (κ3) is 4.06. The molecule has 3 nitrogen and oxygen atoms in total. The molecule has 1 aliphatic carbocycles. The van der Waals surface area contributed by atoms with Gasteiger partial charge in [0.05, 0.1) is 6.54 Å². The van der Waals surface area contributed by atoms with Crippen LogP contribution in [-0.4, -0.2) is 30.9 Å². The van der Waals surface area contributed by atoms with Crippen LogP contribution >= 0.6 is 0 Å². The second kappa shape index (κ2) is 6.20. The Hall–Kier alpha value is -1.35. The van der Waals surface area contributed by atoms with Gasteiger partial charge in [-0.05, 0) is 43.7 Å². The highest BCUT2D eigenvalue weighted by Crippen LogP contribution is 2.29. The summed E-state index contributed by atoms with van der Waals surface area (Å²) in [7, 11) is 1.90. The highest BCUT2D eigenvalue weighted by molar-refractivity contribution is 5.78. The van der Waals surface area contributed by atoms with Crippen molar-refractivity contribution >= 4 is 5.91 Å². The zero-order valence-electron chi connectivity index (χ0n) is 12.1. The molecule has 1 aliphatic rings. The average Bonchev–Trinajstić information content (AvgIpc) is 3.20. The Labute approximate surface area is 116 Å². The van der Waals surface area contributed by atoms with Crippen LogP contribution in [0.15, 0.2) is 24.3 Å². The first-order chi connectivity index (χ1) is 9.08. The number of nitrogens with one attached hydrogen (secondary N) is 1. The number of rotatable bonds is 6. The lowest BCUT2D eigenvalue weighted by atomic mass is 10.0. The lowest BCUT2D eigenvalue weighted by Gasteiger charge is -2.20. The summed E-state index contributed by atoms with van der Waals surface area (Å²) in [6.45, 7) is 5.54. The Morgan fingerprint density at radius 1 is 1.42 bits per heavy atom. The fraction of sp³-hybridized carbons (Fsp3) is 0.562. The first-order valence-corrected chi connectivity index (χ1v) is 7.11. The topological polar surface area (TPSA) is 32.3 Å². The summed E-state index contributed by atoms with van der Waals surface area (Å²) < 4.78 is 0. The van der Waals surface area contributed by atoms with Crippen molar-refractivity contribution < 1.29 is 4.79 Å². The maximum absolute atomic E-state index is 12.0. The Balaban J connectivity index is 1.80. The van der Waals surface area contributed by atoms with Crippen LogP contribution in [-0.2, 0) is 4.79 Å². The summed E-state index contributed by atoms with van der Waals surface area (Å²) in [5.41, 5.74) is 2.53. The first-order valence-electron chi connectivity index (χ1n) is 7.11. The second-order valence-corrected chi connectivity index (χ2v) is 5.68. The summed E-state index contributed by atoms with van der Waals surface area (Å²) in [4.78, 5) is 13.8. The van der Waals surface area contributed by atoms with Gasteiger partial charge in [0.15, 0.2) is 0 Å². The van der Waals surface area contributed by atoms with Crippen LogP contribution in [0.5, 0.6) is 0 Å². The molecule has 0 aliphatic heterocycles. The number of carbonyl (C=O) groups excluding carboxylic acids is 1. The molecule has 3 heteroatoms. The monoisotopic (exact) mass is 260 g/mol. The van der Waals surface area contributed by atoms with E-state index in [4.69, 9.17) is 0 Å². The van der Waals surface area contributed by atoms with Gasteiger partial charge in [-0.2, -0.15) is 0 Å². The van der Waals surface area contributed by atoms with E-state index in [1.165, 1.54) is 24.0 Å². The maximum atomic E-state index is 12.0. The molecule has 1 aromatic carbocycles. The molecule has 2 rings (SSSR count). The van der Waals surface area contributed by atoms with Crippen molar-refractivity contribution in [3.8, 4) is 0 Å². The van der Waals surface area contributed by atoms with Gasteiger partial charge >= 0.3 is 0 Å². The molecule has 0 spiro atoms. The summed E-state index contributed by atoms with van der Waals surface area (Å²) in [6, 6.07) is 8.52. The van der Waals surface area contributed by atoms with E-state index in [0.717, 1.165) is 12.5 Å². The molecule has 1 amide bonds. The number of nitrogens with zero attached hydrogens (tertiary/aromatic N) is 1. The molecular weight excluding hydrogens is 236 g/mol. The number of likely N-dealkylation sites (N-methyl/N-ethyl adjacent to an activating group) is 1. The molecule has 0 aromatic heterocycles. The van der Waals surface area contributed by atoms with Crippen molar-refractivity contribution in [1.82, 2.24) is 10.2 Å². The van der Waals surface area contributed by atoms with Gasteiger partial charge in [-0.15, -0.1) is 0 Å². The minimum Gasteiger partial charge on any atom is -0.344 e. The average molecular weight is 260 g/mol. The molecule has 1 aromatic rings. The third-order valence-electron chi connectivity index (χ3n) is 3.87. The van der Waals surface area contributed by atoms with E-state index in [9.17, 15) is 4.79 Å². The van der Waals surface area contributed by atoms with Crippen molar-refractivity contribution in [2.45, 2.75) is 32.7 Å². The normalized spacial score (nSPS) is 16.2. The summed E-state index contributed by atoms with van der Waals surface area (Å²) in [5, 5.41) is 3.32. The number of carbonyl (C=O) groups is 1. The van der Waals surface area contributed by atoms with E-state index >= 15 is 0 Å². The van der Waals surface area contributed by atoms with Crippen molar-refractivity contribution in [3.05, 3.63) is 35.4 Å². The largest absolute Gasteiger partial charge is 0.344 e. The quantitative estimate of drug-likeness (QED) is 0.852. The highest BCUT2D eigenvalue weighted by atomic mass is 16.2. The molecular formula is C16H24N2O. The fourth-order valence-electron chi connectivity index (χ4n) is 2.35. The molecule has 1 N–H and O–H groups in total. The summed E-state index contributed by atoms with van der Waals surface area (Å²) >= 11 is 0. The number of benzene rings is 1. The lowest BCUT2D eigenvalue weighted by molar-refractivity contribution is -0.129. The van der Waals surface area contributed by atoms with Crippen LogP contribution in [0.25, 0.3) is 0 Å². The van der Waals surface area contributed by atoms with Gasteiger partial charge in [0, 0.05) is 19.6 Å². The van der Waals surface area contributed by atoms with Gasteiger partial charge in [0.2, 0.25) is 5.91 Å². The molecule has 1 fully saturated rings. The van der Waals surface area contributed by atoms with Gasteiger partial charge in [-0.25, -0.2) is 0 Å². The van der Waals surface area contributed by atoms with E-state index in [-0.39, 0.29) is 11.9 Å². The summed E-state index contributed by atoms with van der Waals surface area (Å²) in [5.74, 6) is 0.940. The van der Waals surface area contributed by atoms with Crippen molar-refractivity contribution in [1.29, 1.82) is 0 Å². The number of hydrogen-bond donors (Lipinski definition) is 1. The number of aryl methyl sites for hydroxylation is 1. The Morgan fingerprint density at radius 3 is 2.74 bits per heavy atom. The van der Waals surface area contributed by atoms with E-state index in [0.29, 0.717) is 6.54 Å². The molecule has 1 saturated carbocycles. The predicted octanol–water partition coefficient (Wildman–Crippen LogP) is 2.51. The standard InChI is InChI=1S/C16H24N2O/c1-12-6-4-5-7-15(12)13(2)17-10-16(19)18(3)11-14-8-9-14/h4-7,13-14,17H,8-11H2,1-3H3/t13-/m1/s1. The zero-order valence-corrected chi connectivity index (χ0v) is 12.1. The number of amides is 1. The van der Waals surface area contributed by atoms with Crippen LogP contribution < -0.4 is 5.32 Å². The highest BCUT2D eigenvalue weighted by Gasteiger charge is 2.24.